The Bertz CT molecular complexity index is 2290. The Hall–Kier alpha value is -3.62. The van der Waals surface area contributed by atoms with Crippen molar-refractivity contribution in [2.45, 2.75) is 211 Å². The van der Waals surface area contributed by atoms with Gasteiger partial charge >= 0.3 is 5.97 Å². The molecule has 3 fully saturated rings. The fraction of sp³-hybridized carbons (Fsp3) is 0.800. The van der Waals surface area contributed by atoms with Crippen LogP contribution in [0.5, 0.6) is 0 Å². The lowest BCUT2D eigenvalue weighted by Gasteiger charge is -2.48. The lowest BCUT2D eigenvalue weighted by molar-refractivity contribution is -0.308. The Morgan fingerprint density at radius 3 is 2.22 bits per heavy atom. The quantitative estimate of drug-likeness (QED) is 0.126. The third-order valence-electron chi connectivity index (χ3n) is 16.7. The van der Waals surface area contributed by atoms with Crippen LogP contribution in [0.2, 0.25) is 0 Å². The molecule has 2 aromatic heterocycles. The van der Waals surface area contributed by atoms with Gasteiger partial charge in [-0.25, -0.2) is 13.8 Å². The minimum absolute atomic E-state index is 0.0275. The Kier molecular flexibility index (Phi) is 21.8. The highest BCUT2D eigenvalue weighted by Crippen LogP contribution is 2.41. The van der Waals surface area contributed by atoms with E-state index >= 15 is 0 Å². The second kappa shape index (κ2) is 26.8. The number of aliphatic hydroxyl groups is 4. The number of carbonyl (C=O) groups excluding carboxylic acids is 1. The van der Waals surface area contributed by atoms with E-state index in [2.05, 4.69) is 25.5 Å². The van der Waals surface area contributed by atoms with Crippen LogP contribution in [0.4, 0.5) is 4.39 Å². The van der Waals surface area contributed by atoms with Crippen LogP contribution in [0.1, 0.15) is 130 Å². The highest BCUT2D eigenvalue weighted by atomic mass is 19.1. The first-order valence-corrected chi connectivity index (χ1v) is 27.4. The fourth-order valence-electron chi connectivity index (χ4n) is 11.9. The lowest BCUT2D eigenvalue weighted by Crippen LogP contribution is -2.59. The maximum Gasteiger partial charge on any atom is 0.311 e. The Labute approximate surface area is 454 Å². The number of carbonyl (C=O) groups is 1. The molecule has 1 aromatic carbocycles. The van der Waals surface area contributed by atoms with Gasteiger partial charge < -0.3 is 68.1 Å². The average molecular weight is 1090 g/mol. The van der Waals surface area contributed by atoms with Crippen LogP contribution >= 0.6 is 0 Å². The molecule has 21 nitrogen and oxygen atoms in total. The number of cyclic esters (lactones) is 1. The van der Waals surface area contributed by atoms with E-state index in [0.717, 1.165) is 11.3 Å². The third kappa shape index (κ3) is 14.9. The van der Waals surface area contributed by atoms with E-state index in [-0.39, 0.29) is 37.3 Å². The van der Waals surface area contributed by atoms with Gasteiger partial charge in [0, 0.05) is 77.9 Å². The summed E-state index contributed by atoms with van der Waals surface area (Å²) >= 11 is 0. The second-order valence-electron chi connectivity index (χ2n) is 23.1. The first kappa shape index (κ1) is 62.6. The van der Waals surface area contributed by atoms with Gasteiger partial charge in [-0.2, -0.15) is 0 Å². The molecule has 0 radical (unpaired) electrons. The van der Waals surface area contributed by atoms with E-state index in [4.69, 9.17) is 37.9 Å². The highest BCUT2D eigenvalue weighted by Gasteiger charge is 2.52. The van der Waals surface area contributed by atoms with Gasteiger partial charge in [0.15, 0.2) is 12.6 Å². The Morgan fingerprint density at radius 1 is 0.896 bits per heavy atom. The number of benzene rings is 1. The molecule has 5 heterocycles. The maximum atomic E-state index is 15.0. The van der Waals surface area contributed by atoms with E-state index in [1.165, 1.54) is 18.7 Å². The number of nitrogens with zero attached hydrogens (tertiary/aromatic N) is 8. The minimum atomic E-state index is -1.83. The molecule has 6 rings (SSSR count). The van der Waals surface area contributed by atoms with Gasteiger partial charge in [-0.1, -0.05) is 43.3 Å². The van der Waals surface area contributed by atoms with Crippen LogP contribution in [0.25, 0.3) is 5.69 Å². The molecule has 0 aliphatic carbocycles. The van der Waals surface area contributed by atoms with Gasteiger partial charge in [0.25, 0.3) is 0 Å². The summed E-state index contributed by atoms with van der Waals surface area (Å²) in [6, 6.07) is 6.11. The maximum absolute atomic E-state index is 15.0. The number of alkyl halides is 1. The van der Waals surface area contributed by atoms with E-state index in [9.17, 15) is 29.6 Å². The molecule has 3 aliphatic rings. The standard InChI is InChI=1S/C55H91FN8O13/c1-16-44-55(10,69)49(65)36(6)62(12)28-32(2)25-53(8,68)51(34(4)47(35(5)52(67)75-44)76-46-26-54(9,72-15)50(66)37(7)74-46)77-45-24-42(23-33(3)73-45)61(11)22-21-39-29-64(60-57-39)43(27-56)48(71-14)38-17-19-41(20-18-38)63-30-40(31-70-13)58-59-63/h17-20,29-30,32-37,42-51,65-66,68-69H,16,21-28,31H2,1-15H3/t32-,33-,34+,35-,36-,37+,42+,43-,44-,45+,46+,47+,48-,49-,50+,51-,53-,54-,55-/m1/s1. The number of methoxy groups -OCH3 is 3. The molecule has 4 N–H and O–H groups in total. The molecule has 3 aromatic rings. The van der Waals surface area contributed by atoms with Gasteiger partial charge in [-0.15, -0.1) is 10.2 Å². The normalized spacial score (nSPS) is 37.2. The van der Waals surface area contributed by atoms with Crippen LogP contribution in [0.15, 0.2) is 36.7 Å². The Balaban J connectivity index is 1.22. The van der Waals surface area contributed by atoms with Crippen molar-refractivity contribution in [1.82, 2.24) is 39.8 Å². The minimum Gasteiger partial charge on any atom is -0.459 e. The predicted octanol–water partition coefficient (Wildman–Crippen LogP) is 4.76. The molecule has 0 spiro atoms. The highest BCUT2D eigenvalue weighted by molar-refractivity contribution is 5.73. The van der Waals surface area contributed by atoms with E-state index in [1.54, 1.807) is 65.9 Å². The SMILES string of the molecule is CC[C@H]1OC(=O)[C@H](C)[C@@H](O[C@H]2C[C@@](C)(OC)[C@@H](O)[C@H](C)O2)[C@H](C)[C@@H](O[C@H]2C[C@@H](N(C)CCc3cn([C@H](CF)[C@H](OC)c4ccc(-n5cc(COC)nn5)cc4)nn3)C[C@@H](C)O2)[C@](C)(O)C[C@@H](C)CN(C)[C@H](C)[C@@H](O)[C@]1(C)O. The number of halogens is 1. The molecule has 3 aliphatic heterocycles. The summed E-state index contributed by atoms with van der Waals surface area (Å²) in [5.74, 6) is -2.59. The molecule has 3 saturated heterocycles. The number of aliphatic hydroxyl groups excluding tert-OH is 2. The summed E-state index contributed by atoms with van der Waals surface area (Å²) in [6.07, 6.45) is -2.94. The van der Waals surface area contributed by atoms with Crippen molar-refractivity contribution < 1.29 is 67.5 Å². The summed E-state index contributed by atoms with van der Waals surface area (Å²) in [5, 5.41) is 64.7. The smallest absolute Gasteiger partial charge is 0.311 e. The predicted molar refractivity (Wildman–Crippen MR) is 282 cm³/mol. The van der Waals surface area contributed by atoms with E-state index in [0.29, 0.717) is 50.3 Å². The zero-order valence-corrected chi connectivity index (χ0v) is 48.2. The number of ether oxygens (including phenoxy) is 8. The number of esters is 1. The van der Waals surface area contributed by atoms with Crippen molar-refractivity contribution in [2.24, 2.45) is 17.8 Å². The van der Waals surface area contributed by atoms with Crippen molar-refractivity contribution in [1.29, 1.82) is 0 Å². The van der Waals surface area contributed by atoms with Gasteiger partial charge in [0.05, 0.1) is 65.7 Å². The van der Waals surface area contributed by atoms with Gasteiger partial charge in [0.1, 0.15) is 48.4 Å². The molecule has 436 valence electrons. The molecular weight excluding hydrogens is 1000 g/mol. The average Bonchev–Trinajstić information content (AvgIpc) is 4.08. The van der Waals surface area contributed by atoms with Crippen LogP contribution in [-0.4, -0.2) is 206 Å². The third-order valence-corrected chi connectivity index (χ3v) is 16.7. The van der Waals surface area contributed by atoms with Crippen LogP contribution in [-0.2, 0) is 55.7 Å². The van der Waals surface area contributed by atoms with Crippen molar-refractivity contribution in [3.8, 4) is 5.69 Å². The second-order valence-corrected chi connectivity index (χ2v) is 23.1. The van der Waals surface area contributed by atoms with Gasteiger partial charge in [0.2, 0.25) is 0 Å². The molecule has 22 heteroatoms. The monoisotopic (exact) mass is 1090 g/mol. The molecule has 77 heavy (non-hydrogen) atoms. The molecule has 0 amide bonds. The van der Waals surface area contributed by atoms with Crippen molar-refractivity contribution >= 4 is 5.97 Å². The first-order valence-electron chi connectivity index (χ1n) is 27.4. The fourth-order valence-corrected chi connectivity index (χ4v) is 11.9. The van der Waals surface area contributed by atoms with Gasteiger partial charge in [-0.3, -0.25) is 4.79 Å². The number of aromatic nitrogens is 6. The summed E-state index contributed by atoms with van der Waals surface area (Å²) < 4.78 is 67.9. The number of rotatable bonds is 18. The zero-order valence-electron chi connectivity index (χ0n) is 48.2. The van der Waals surface area contributed by atoms with Gasteiger partial charge in [-0.05, 0) is 105 Å². The molecule has 0 saturated carbocycles. The summed E-state index contributed by atoms with van der Waals surface area (Å²) in [5.41, 5.74) is -1.51. The van der Waals surface area contributed by atoms with Crippen molar-refractivity contribution in [3.63, 3.8) is 0 Å². The number of hydrogen-bond donors (Lipinski definition) is 4. The number of likely N-dealkylation sites (N-methyl/N-ethyl adjacent to an activating group) is 2. The van der Waals surface area contributed by atoms with E-state index in [1.807, 2.05) is 71.0 Å². The lowest BCUT2D eigenvalue weighted by atomic mass is 9.77. The van der Waals surface area contributed by atoms with Crippen LogP contribution < -0.4 is 0 Å². The molecule has 19 atom stereocenters. The number of hydrogen-bond acceptors (Lipinski definition) is 19. The zero-order chi connectivity index (χ0) is 56.7. The molecular formula is C55H91FN8O13. The first-order chi connectivity index (χ1) is 36.3. The van der Waals surface area contributed by atoms with Crippen molar-refractivity contribution in [2.75, 3.05) is 55.2 Å². The summed E-state index contributed by atoms with van der Waals surface area (Å²) in [7, 11) is 8.54. The largest absolute Gasteiger partial charge is 0.459 e. The molecule has 0 unspecified atom stereocenters. The van der Waals surface area contributed by atoms with Crippen LogP contribution in [0.3, 0.4) is 0 Å². The van der Waals surface area contributed by atoms with Crippen LogP contribution in [0, 0.1) is 17.8 Å². The van der Waals surface area contributed by atoms with E-state index < -0.39 is 109 Å². The summed E-state index contributed by atoms with van der Waals surface area (Å²) in [6.45, 7) is 18.5. The Morgan fingerprint density at radius 2 is 1.58 bits per heavy atom. The summed E-state index contributed by atoms with van der Waals surface area (Å²) in [4.78, 5) is 18.7. The van der Waals surface area contributed by atoms with Crippen molar-refractivity contribution in [3.05, 3.63) is 53.6 Å². The molecule has 0 bridgehead atoms. The topological polar surface area (TPSA) is 240 Å².